The van der Waals surface area contributed by atoms with Crippen LogP contribution < -0.4 is 5.32 Å². The Kier molecular flexibility index (Phi) is 3.43. The monoisotopic (exact) mass is 266 g/mol. The molecule has 1 heterocycles. The van der Waals surface area contributed by atoms with Gasteiger partial charge in [0.1, 0.15) is 0 Å². The van der Waals surface area contributed by atoms with E-state index in [0.29, 0.717) is 11.5 Å². The summed E-state index contributed by atoms with van der Waals surface area (Å²) in [4.78, 5) is 1.41. The van der Waals surface area contributed by atoms with E-state index in [4.69, 9.17) is 5.26 Å². The summed E-state index contributed by atoms with van der Waals surface area (Å²) in [6.07, 6.45) is 0. The Labute approximate surface area is 117 Å². The van der Waals surface area contributed by atoms with Crippen LogP contribution in [0.5, 0.6) is 0 Å². The smallest absolute Gasteiger partial charge is 0.0991 e. The van der Waals surface area contributed by atoms with Crippen molar-refractivity contribution in [2.45, 2.75) is 10.8 Å². The third-order valence-electron chi connectivity index (χ3n) is 3.37. The molecular weight excluding hydrogens is 252 g/mol. The lowest BCUT2D eigenvalue weighted by Crippen LogP contribution is -2.12. The number of hydrogen-bond donors (Lipinski definition) is 1. The number of nitrogens with zero attached hydrogens (tertiary/aromatic N) is 1. The molecule has 2 aromatic rings. The first kappa shape index (κ1) is 12.1. The molecule has 0 saturated heterocycles. The zero-order valence-electron chi connectivity index (χ0n) is 10.5. The summed E-state index contributed by atoms with van der Waals surface area (Å²) in [6.45, 7) is 0.940. The molecule has 0 aromatic heterocycles. The highest BCUT2D eigenvalue weighted by Gasteiger charge is 2.22. The van der Waals surface area contributed by atoms with Gasteiger partial charge < -0.3 is 5.32 Å². The Bertz CT molecular complexity index is 613. The van der Waals surface area contributed by atoms with E-state index in [2.05, 4.69) is 35.7 Å². The topological polar surface area (TPSA) is 35.8 Å². The van der Waals surface area contributed by atoms with Crippen LogP contribution in [0.3, 0.4) is 0 Å². The average molecular weight is 266 g/mol. The van der Waals surface area contributed by atoms with Crippen LogP contribution in [0.25, 0.3) is 0 Å². The van der Waals surface area contributed by atoms with E-state index in [9.17, 15) is 0 Å². The number of hydrogen-bond acceptors (Lipinski definition) is 3. The molecule has 0 saturated carbocycles. The maximum absolute atomic E-state index is 8.77. The van der Waals surface area contributed by atoms with Crippen LogP contribution >= 0.6 is 11.8 Å². The SMILES string of the molecule is N#Cc1ccc(NCC2CSc3ccccc32)cc1. The predicted octanol–water partition coefficient (Wildman–Crippen LogP) is 3.86. The lowest BCUT2D eigenvalue weighted by atomic mass is 10.0. The lowest BCUT2D eigenvalue weighted by Gasteiger charge is -2.13. The van der Waals surface area contributed by atoms with Gasteiger partial charge in [-0.15, -0.1) is 11.8 Å². The molecule has 0 amide bonds. The van der Waals surface area contributed by atoms with Gasteiger partial charge in [0.2, 0.25) is 0 Å². The summed E-state index contributed by atoms with van der Waals surface area (Å²) in [5.74, 6) is 1.71. The molecule has 94 valence electrons. The third kappa shape index (κ3) is 2.59. The van der Waals surface area contributed by atoms with Crippen molar-refractivity contribution in [1.82, 2.24) is 0 Å². The van der Waals surface area contributed by atoms with Crippen LogP contribution in [-0.2, 0) is 0 Å². The van der Waals surface area contributed by atoms with Crippen LogP contribution in [-0.4, -0.2) is 12.3 Å². The summed E-state index contributed by atoms with van der Waals surface area (Å²) in [5, 5.41) is 12.2. The molecule has 3 rings (SSSR count). The van der Waals surface area contributed by atoms with Gasteiger partial charge in [-0.25, -0.2) is 0 Å². The second-order valence-corrected chi connectivity index (χ2v) is 5.68. The maximum atomic E-state index is 8.77. The number of benzene rings is 2. The molecule has 1 atom stereocenters. The highest BCUT2D eigenvalue weighted by molar-refractivity contribution is 7.99. The van der Waals surface area contributed by atoms with E-state index < -0.39 is 0 Å². The highest BCUT2D eigenvalue weighted by Crippen LogP contribution is 2.39. The predicted molar refractivity (Wildman–Crippen MR) is 79.6 cm³/mol. The van der Waals surface area contributed by atoms with Crippen molar-refractivity contribution in [3.8, 4) is 6.07 Å². The fraction of sp³-hybridized carbons (Fsp3) is 0.188. The van der Waals surface area contributed by atoms with Gasteiger partial charge in [-0.1, -0.05) is 18.2 Å². The van der Waals surface area contributed by atoms with Crippen molar-refractivity contribution in [3.05, 3.63) is 59.7 Å². The number of fused-ring (bicyclic) bond motifs is 1. The lowest BCUT2D eigenvalue weighted by molar-refractivity contribution is 0.819. The minimum Gasteiger partial charge on any atom is -0.384 e. The van der Waals surface area contributed by atoms with E-state index >= 15 is 0 Å². The molecule has 2 aromatic carbocycles. The number of nitriles is 1. The number of rotatable bonds is 3. The highest BCUT2D eigenvalue weighted by atomic mass is 32.2. The summed E-state index contributed by atoms with van der Waals surface area (Å²) in [7, 11) is 0. The van der Waals surface area contributed by atoms with E-state index in [-0.39, 0.29) is 0 Å². The van der Waals surface area contributed by atoms with Gasteiger partial charge >= 0.3 is 0 Å². The molecule has 0 spiro atoms. The minimum atomic E-state index is 0.567. The fourth-order valence-corrected chi connectivity index (χ4v) is 3.56. The Balaban J connectivity index is 1.66. The fourth-order valence-electron chi connectivity index (χ4n) is 2.30. The molecule has 1 aliphatic heterocycles. The molecule has 0 bridgehead atoms. The first-order valence-corrected chi connectivity index (χ1v) is 7.31. The Morgan fingerprint density at radius 1 is 1.16 bits per heavy atom. The van der Waals surface area contributed by atoms with Crippen molar-refractivity contribution in [3.63, 3.8) is 0 Å². The van der Waals surface area contributed by atoms with Crippen molar-refractivity contribution >= 4 is 17.4 Å². The van der Waals surface area contributed by atoms with Crippen molar-refractivity contribution in [2.75, 3.05) is 17.6 Å². The summed E-state index contributed by atoms with van der Waals surface area (Å²) < 4.78 is 0. The molecule has 2 nitrogen and oxygen atoms in total. The Morgan fingerprint density at radius 3 is 2.74 bits per heavy atom. The molecule has 19 heavy (non-hydrogen) atoms. The minimum absolute atomic E-state index is 0.567. The van der Waals surface area contributed by atoms with E-state index in [1.165, 1.54) is 10.5 Å². The first-order valence-electron chi connectivity index (χ1n) is 6.32. The summed E-state index contributed by atoms with van der Waals surface area (Å²) in [6, 6.07) is 18.4. The first-order chi connectivity index (χ1) is 9.36. The second kappa shape index (κ2) is 5.38. The molecule has 1 unspecified atom stereocenters. The molecular formula is C16H14N2S. The van der Waals surface area contributed by atoms with Gasteiger partial charge in [-0.2, -0.15) is 5.26 Å². The van der Waals surface area contributed by atoms with E-state index in [0.717, 1.165) is 18.0 Å². The van der Waals surface area contributed by atoms with Gasteiger partial charge in [0.15, 0.2) is 0 Å². The van der Waals surface area contributed by atoms with Crippen LogP contribution in [0, 0.1) is 11.3 Å². The Hall–Kier alpha value is -1.92. The molecule has 0 radical (unpaired) electrons. The summed E-state index contributed by atoms with van der Waals surface area (Å²) in [5.41, 5.74) is 3.23. The normalized spacial score (nSPS) is 16.7. The van der Waals surface area contributed by atoms with Gasteiger partial charge in [-0.3, -0.25) is 0 Å². The molecule has 3 heteroatoms. The Morgan fingerprint density at radius 2 is 1.95 bits per heavy atom. The van der Waals surface area contributed by atoms with Gasteiger partial charge in [-0.05, 0) is 35.9 Å². The zero-order chi connectivity index (χ0) is 13.1. The standard InChI is InChI=1S/C16H14N2S/c17-9-12-5-7-14(8-6-12)18-10-13-11-19-16-4-2-1-3-15(13)16/h1-8,13,18H,10-11H2. The number of nitrogens with one attached hydrogen (secondary N) is 1. The number of anilines is 1. The van der Waals surface area contributed by atoms with Gasteiger partial charge in [0.25, 0.3) is 0 Å². The van der Waals surface area contributed by atoms with Crippen LogP contribution in [0.1, 0.15) is 17.0 Å². The quantitative estimate of drug-likeness (QED) is 0.916. The van der Waals surface area contributed by atoms with Gasteiger partial charge in [0, 0.05) is 28.8 Å². The van der Waals surface area contributed by atoms with Crippen LogP contribution in [0.15, 0.2) is 53.4 Å². The number of thioether (sulfide) groups is 1. The molecule has 1 aliphatic rings. The van der Waals surface area contributed by atoms with Crippen LogP contribution in [0.2, 0.25) is 0 Å². The maximum Gasteiger partial charge on any atom is 0.0991 e. The molecule has 1 N–H and O–H groups in total. The molecule has 0 fully saturated rings. The largest absolute Gasteiger partial charge is 0.384 e. The third-order valence-corrected chi connectivity index (χ3v) is 4.62. The van der Waals surface area contributed by atoms with Gasteiger partial charge in [0.05, 0.1) is 11.6 Å². The van der Waals surface area contributed by atoms with E-state index in [1.54, 1.807) is 0 Å². The van der Waals surface area contributed by atoms with Crippen molar-refractivity contribution in [2.24, 2.45) is 0 Å². The average Bonchev–Trinajstić information content (AvgIpc) is 2.89. The molecule has 0 aliphatic carbocycles. The summed E-state index contributed by atoms with van der Waals surface area (Å²) >= 11 is 1.93. The van der Waals surface area contributed by atoms with E-state index in [1.807, 2.05) is 36.0 Å². The van der Waals surface area contributed by atoms with Crippen molar-refractivity contribution in [1.29, 1.82) is 5.26 Å². The van der Waals surface area contributed by atoms with Crippen molar-refractivity contribution < 1.29 is 0 Å². The second-order valence-electron chi connectivity index (χ2n) is 4.62. The zero-order valence-corrected chi connectivity index (χ0v) is 11.3. The van der Waals surface area contributed by atoms with Crippen LogP contribution in [0.4, 0.5) is 5.69 Å².